The average molecular weight is 585 g/mol. The summed E-state index contributed by atoms with van der Waals surface area (Å²) in [6.45, 7) is 0.828. The first kappa shape index (κ1) is 24.7. The van der Waals surface area contributed by atoms with E-state index in [1.54, 1.807) is 26.0 Å². The number of halogens is 1. The molecule has 2 aromatic carbocycles. The fourth-order valence-corrected chi connectivity index (χ4v) is 5.95. The highest BCUT2D eigenvalue weighted by atomic mass is 127. The molecule has 0 spiro atoms. The van der Waals surface area contributed by atoms with Crippen LogP contribution in [0.5, 0.6) is 11.5 Å². The van der Waals surface area contributed by atoms with Gasteiger partial charge in [0.05, 0.1) is 33.5 Å². The van der Waals surface area contributed by atoms with Gasteiger partial charge in [-0.1, -0.05) is 36.0 Å². The number of aliphatic hydroxyl groups excluding tert-OH is 1. The number of ether oxygens (including phenoxy) is 5. The lowest BCUT2D eigenvalue weighted by atomic mass is 9.95. The van der Waals surface area contributed by atoms with Crippen molar-refractivity contribution >= 4 is 37.4 Å². The molecule has 0 bridgehead atoms. The molecule has 0 saturated carbocycles. The molecule has 0 aromatic heterocycles. The third kappa shape index (κ3) is 6.20. The summed E-state index contributed by atoms with van der Waals surface area (Å²) in [4.78, 5) is 4.79. The van der Waals surface area contributed by atoms with E-state index in [1.165, 1.54) is 0 Å². The van der Waals surface area contributed by atoms with Crippen LogP contribution in [-0.2, 0) is 27.4 Å². The van der Waals surface area contributed by atoms with Gasteiger partial charge >= 0.3 is 0 Å². The second-order valence-corrected chi connectivity index (χ2v) is 10.6. The fourth-order valence-electron chi connectivity index (χ4n) is 3.95. The zero-order valence-electron chi connectivity index (χ0n) is 18.6. The van der Waals surface area contributed by atoms with Gasteiger partial charge < -0.3 is 28.8 Å². The van der Waals surface area contributed by atoms with Crippen molar-refractivity contribution in [1.29, 1.82) is 0 Å². The van der Waals surface area contributed by atoms with E-state index in [-0.39, 0.29) is 36.4 Å². The number of benzene rings is 2. The Balaban J connectivity index is 1.52. The van der Waals surface area contributed by atoms with Gasteiger partial charge in [-0.2, -0.15) is 0 Å². The Kier molecular flexibility index (Phi) is 8.89. The van der Waals surface area contributed by atoms with Crippen LogP contribution < -0.4 is 9.47 Å². The molecule has 1 N–H and O–H groups in total. The van der Waals surface area contributed by atoms with E-state index in [4.69, 9.17) is 28.7 Å². The number of aliphatic imine (C=N–C) groups is 1. The van der Waals surface area contributed by atoms with Gasteiger partial charge in [0, 0.05) is 6.61 Å². The van der Waals surface area contributed by atoms with E-state index < -0.39 is 0 Å². The Labute approximate surface area is 211 Å². The van der Waals surface area contributed by atoms with E-state index in [2.05, 4.69) is 22.6 Å². The fraction of sp³-hybridized carbons (Fsp3) is 0.458. The molecule has 0 amide bonds. The number of aliphatic hydroxyl groups is 1. The predicted octanol–water partition coefficient (Wildman–Crippen LogP) is 4.19. The van der Waals surface area contributed by atoms with Gasteiger partial charge in [0.2, 0.25) is 0 Å². The van der Waals surface area contributed by atoms with Crippen molar-refractivity contribution in [3.8, 4) is 11.5 Å². The first-order valence-corrected chi connectivity index (χ1v) is 12.7. The van der Waals surface area contributed by atoms with Crippen LogP contribution >= 0.6 is 34.4 Å². The minimum Gasteiger partial charge on any atom is -0.497 e. The number of thioether (sulfide) groups is 1. The molecule has 4 rings (SSSR count). The van der Waals surface area contributed by atoms with Crippen LogP contribution in [0.25, 0.3) is 0 Å². The molecule has 1 fully saturated rings. The predicted molar refractivity (Wildman–Crippen MR) is 136 cm³/mol. The standard InChI is InChI=1S/C24H28INO6S/c1-28-17-7-3-15(4-8-17)13-30-21-19(11-12-27)32-23-20(26-24(25)33-23)22(21)31-14-16-5-9-18(29-2)10-6-16/h3-10,19-23,27H,11-14H2,1-2H3/t19-,20-,21-,22-,23-/m1/s1. The Hall–Kier alpha value is -1.37. The van der Waals surface area contributed by atoms with E-state index in [0.29, 0.717) is 19.6 Å². The van der Waals surface area contributed by atoms with Gasteiger partial charge in [-0.05, 0) is 64.4 Å². The number of hydrogen-bond donors (Lipinski definition) is 1. The zero-order valence-corrected chi connectivity index (χ0v) is 21.5. The maximum atomic E-state index is 9.68. The van der Waals surface area contributed by atoms with Gasteiger partial charge in [-0.3, -0.25) is 4.99 Å². The summed E-state index contributed by atoms with van der Waals surface area (Å²) in [5.41, 5.74) is 1.92. The molecule has 178 valence electrons. The maximum Gasteiger partial charge on any atom is 0.135 e. The minimum atomic E-state index is -0.370. The van der Waals surface area contributed by atoms with Gasteiger partial charge in [0.25, 0.3) is 0 Å². The Morgan fingerprint density at radius 2 is 1.45 bits per heavy atom. The highest BCUT2D eigenvalue weighted by Gasteiger charge is 2.50. The van der Waals surface area contributed by atoms with Crippen molar-refractivity contribution in [2.45, 2.75) is 49.4 Å². The number of nitrogens with zero attached hydrogens (tertiary/aromatic N) is 1. The van der Waals surface area contributed by atoms with Gasteiger partial charge in [0.15, 0.2) is 0 Å². The molecule has 2 aliphatic heterocycles. The van der Waals surface area contributed by atoms with E-state index in [0.717, 1.165) is 25.7 Å². The monoisotopic (exact) mass is 585 g/mol. The number of methoxy groups -OCH3 is 2. The molecular weight excluding hydrogens is 557 g/mol. The molecule has 7 nitrogen and oxygen atoms in total. The molecule has 33 heavy (non-hydrogen) atoms. The summed E-state index contributed by atoms with van der Waals surface area (Å²) in [6.07, 6.45) is -0.498. The van der Waals surface area contributed by atoms with Gasteiger partial charge in [-0.25, -0.2) is 0 Å². The lowest BCUT2D eigenvalue weighted by molar-refractivity contribution is -0.200. The maximum absolute atomic E-state index is 9.68. The number of rotatable bonds is 10. The summed E-state index contributed by atoms with van der Waals surface area (Å²) in [5.74, 6) is 1.60. The molecule has 9 heteroatoms. The average Bonchev–Trinajstić information content (AvgIpc) is 3.22. The van der Waals surface area contributed by atoms with Crippen LogP contribution in [-0.4, -0.2) is 58.8 Å². The first-order chi connectivity index (χ1) is 16.1. The SMILES string of the molecule is COc1ccc(CO[C@@H]2[C@H]3N=C(I)S[C@H]3O[C@H](CCO)[C@H]2OCc2ccc(OC)cc2)cc1. The molecule has 2 aromatic rings. The molecular formula is C24H28INO6S. The van der Waals surface area contributed by atoms with Crippen LogP contribution in [0.2, 0.25) is 0 Å². The lowest BCUT2D eigenvalue weighted by Gasteiger charge is -2.42. The summed E-state index contributed by atoms with van der Waals surface area (Å²) in [7, 11) is 3.30. The topological polar surface area (TPSA) is 78.7 Å². The number of fused-ring (bicyclic) bond motifs is 1. The highest BCUT2D eigenvalue weighted by Crippen LogP contribution is 2.41. The quantitative estimate of drug-likeness (QED) is 0.419. The van der Waals surface area contributed by atoms with Crippen molar-refractivity contribution in [2.75, 3.05) is 20.8 Å². The summed E-state index contributed by atoms with van der Waals surface area (Å²) < 4.78 is 30.6. The highest BCUT2D eigenvalue weighted by molar-refractivity contribution is 14.1. The number of hydrogen-bond acceptors (Lipinski definition) is 8. The second kappa shape index (κ2) is 11.9. The third-order valence-corrected chi connectivity index (χ3v) is 7.66. The minimum absolute atomic E-state index is 0.0122. The van der Waals surface area contributed by atoms with Crippen LogP contribution in [0.15, 0.2) is 53.5 Å². The molecule has 2 heterocycles. The molecule has 1 saturated heterocycles. The van der Waals surface area contributed by atoms with E-state index in [1.807, 2.05) is 48.5 Å². The first-order valence-electron chi connectivity index (χ1n) is 10.8. The van der Waals surface area contributed by atoms with Crippen LogP contribution in [0, 0.1) is 0 Å². The summed E-state index contributed by atoms with van der Waals surface area (Å²) in [6, 6.07) is 15.4. The normalized spacial score (nSPS) is 26.5. The molecule has 0 radical (unpaired) electrons. The smallest absolute Gasteiger partial charge is 0.135 e. The molecule has 0 unspecified atom stereocenters. The summed E-state index contributed by atoms with van der Waals surface area (Å²) >= 11 is 3.83. The van der Waals surface area contributed by atoms with Crippen molar-refractivity contribution in [3.63, 3.8) is 0 Å². The molecule has 0 aliphatic carbocycles. The van der Waals surface area contributed by atoms with Crippen molar-refractivity contribution in [1.82, 2.24) is 0 Å². The Morgan fingerprint density at radius 3 is 1.97 bits per heavy atom. The Bertz CT molecular complexity index is 926. The van der Waals surface area contributed by atoms with Crippen LogP contribution in [0.1, 0.15) is 17.5 Å². The Morgan fingerprint density at radius 1 is 0.909 bits per heavy atom. The van der Waals surface area contributed by atoms with Crippen molar-refractivity contribution in [2.24, 2.45) is 4.99 Å². The van der Waals surface area contributed by atoms with Gasteiger partial charge in [0.1, 0.15) is 38.2 Å². The second-order valence-electron chi connectivity index (χ2n) is 7.79. The lowest BCUT2D eigenvalue weighted by Crippen LogP contribution is -2.57. The van der Waals surface area contributed by atoms with Crippen molar-refractivity contribution < 1.29 is 28.8 Å². The summed E-state index contributed by atoms with van der Waals surface area (Å²) in [5, 5.41) is 9.68. The van der Waals surface area contributed by atoms with Crippen LogP contribution in [0.3, 0.4) is 0 Å². The van der Waals surface area contributed by atoms with Gasteiger partial charge in [-0.15, -0.1) is 0 Å². The molecule has 2 aliphatic rings. The van der Waals surface area contributed by atoms with Crippen molar-refractivity contribution in [3.05, 3.63) is 59.7 Å². The van der Waals surface area contributed by atoms with E-state index >= 15 is 0 Å². The van der Waals surface area contributed by atoms with Crippen LogP contribution in [0.4, 0.5) is 0 Å². The third-order valence-electron chi connectivity index (χ3n) is 5.70. The molecule has 5 atom stereocenters. The van der Waals surface area contributed by atoms with E-state index in [9.17, 15) is 5.11 Å². The largest absolute Gasteiger partial charge is 0.497 e. The zero-order chi connectivity index (χ0) is 23.2.